The first-order valence-corrected chi connectivity index (χ1v) is 6.90. The molecule has 1 aliphatic rings. The van der Waals surface area contributed by atoms with Crippen LogP contribution in [0.3, 0.4) is 0 Å². The zero-order valence-corrected chi connectivity index (χ0v) is 11.8. The van der Waals surface area contributed by atoms with E-state index in [1.54, 1.807) is 42.5 Å². The van der Waals surface area contributed by atoms with Crippen molar-refractivity contribution in [3.63, 3.8) is 0 Å². The summed E-state index contributed by atoms with van der Waals surface area (Å²) in [6.07, 6.45) is 0.356. The largest absolute Gasteiger partial charge is 0.272 e. The first kappa shape index (κ1) is 13.8. The van der Waals surface area contributed by atoms with E-state index >= 15 is 0 Å². The minimum absolute atomic E-state index is 0.197. The van der Waals surface area contributed by atoms with Crippen molar-refractivity contribution in [1.82, 2.24) is 5.43 Å². The van der Waals surface area contributed by atoms with Gasteiger partial charge in [-0.2, -0.15) is 5.10 Å². The van der Waals surface area contributed by atoms with Gasteiger partial charge >= 0.3 is 0 Å². The number of nitrogens with zero attached hydrogens (tertiary/aromatic N) is 1. The van der Waals surface area contributed by atoms with Crippen LogP contribution < -0.4 is 5.43 Å². The number of rotatable bonds is 2. The highest BCUT2D eigenvalue weighted by atomic mass is 35.5. The molecule has 1 heterocycles. The van der Waals surface area contributed by atoms with Gasteiger partial charge in [0.2, 0.25) is 5.91 Å². The summed E-state index contributed by atoms with van der Waals surface area (Å²) in [6, 6.07) is 13.5. The summed E-state index contributed by atoms with van der Waals surface area (Å²) >= 11 is 5.86. The van der Waals surface area contributed by atoms with Gasteiger partial charge in [0.05, 0.1) is 11.6 Å². The molecule has 5 heteroatoms. The predicted molar refractivity (Wildman–Crippen MR) is 79.9 cm³/mol. The summed E-state index contributed by atoms with van der Waals surface area (Å²) in [6.45, 7) is 0. The van der Waals surface area contributed by atoms with Gasteiger partial charge in [-0.15, -0.1) is 0 Å². The van der Waals surface area contributed by atoms with E-state index in [9.17, 15) is 9.18 Å². The van der Waals surface area contributed by atoms with Crippen LogP contribution in [0.25, 0.3) is 0 Å². The SMILES string of the molecule is O=C1NN=C(c2ccccc2F)CC1c1ccc(Cl)cc1. The monoisotopic (exact) mass is 302 g/mol. The second kappa shape index (κ2) is 5.66. The Hall–Kier alpha value is -2.20. The van der Waals surface area contributed by atoms with E-state index in [0.29, 0.717) is 22.7 Å². The third-order valence-electron chi connectivity index (χ3n) is 3.47. The highest BCUT2D eigenvalue weighted by Gasteiger charge is 2.28. The van der Waals surface area contributed by atoms with Crippen molar-refractivity contribution < 1.29 is 9.18 Å². The van der Waals surface area contributed by atoms with Gasteiger partial charge in [0, 0.05) is 17.0 Å². The van der Waals surface area contributed by atoms with Gasteiger partial charge in [0.25, 0.3) is 0 Å². The van der Waals surface area contributed by atoms with E-state index in [1.807, 2.05) is 0 Å². The first-order chi connectivity index (χ1) is 10.1. The molecule has 0 spiro atoms. The number of benzene rings is 2. The first-order valence-electron chi connectivity index (χ1n) is 6.52. The predicted octanol–water partition coefficient (Wildman–Crippen LogP) is 3.49. The molecule has 0 bridgehead atoms. The number of nitrogens with one attached hydrogen (secondary N) is 1. The van der Waals surface area contributed by atoms with E-state index in [4.69, 9.17) is 11.6 Å². The molecule has 0 aliphatic carbocycles. The molecule has 0 saturated carbocycles. The van der Waals surface area contributed by atoms with Crippen LogP contribution in [0, 0.1) is 5.82 Å². The fourth-order valence-corrected chi connectivity index (χ4v) is 2.49. The molecule has 106 valence electrons. The van der Waals surface area contributed by atoms with Crippen LogP contribution >= 0.6 is 11.6 Å². The van der Waals surface area contributed by atoms with E-state index in [1.165, 1.54) is 6.07 Å². The van der Waals surface area contributed by atoms with E-state index < -0.39 is 5.92 Å². The molecule has 1 aliphatic heterocycles. The van der Waals surface area contributed by atoms with Gasteiger partial charge in [0.15, 0.2) is 0 Å². The van der Waals surface area contributed by atoms with Crippen LogP contribution in [0.1, 0.15) is 23.5 Å². The van der Waals surface area contributed by atoms with Gasteiger partial charge in [0.1, 0.15) is 5.82 Å². The molecular weight excluding hydrogens is 291 g/mol. The van der Waals surface area contributed by atoms with Crippen LogP contribution in [-0.4, -0.2) is 11.6 Å². The third-order valence-corrected chi connectivity index (χ3v) is 3.72. The topological polar surface area (TPSA) is 41.5 Å². The maximum atomic E-state index is 13.8. The Morgan fingerprint density at radius 1 is 1.14 bits per heavy atom. The van der Waals surface area contributed by atoms with Crippen LogP contribution in [0.5, 0.6) is 0 Å². The quantitative estimate of drug-likeness (QED) is 0.906. The molecule has 0 fully saturated rings. The number of halogens is 2. The summed E-state index contributed by atoms with van der Waals surface area (Å²) in [7, 11) is 0. The van der Waals surface area contributed by atoms with Crippen molar-refractivity contribution in [3.05, 3.63) is 70.5 Å². The fourth-order valence-electron chi connectivity index (χ4n) is 2.36. The Bertz CT molecular complexity index is 712. The Morgan fingerprint density at radius 3 is 2.57 bits per heavy atom. The molecule has 21 heavy (non-hydrogen) atoms. The molecule has 2 aromatic rings. The molecule has 3 rings (SSSR count). The van der Waals surface area contributed by atoms with Crippen LogP contribution in [0.2, 0.25) is 5.02 Å². The molecule has 3 nitrogen and oxygen atoms in total. The van der Waals surface area contributed by atoms with E-state index in [0.717, 1.165) is 5.56 Å². The van der Waals surface area contributed by atoms with Crippen molar-refractivity contribution in [1.29, 1.82) is 0 Å². The molecule has 1 amide bonds. The maximum absolute atomic E-state index is 13.8. The highest BCUT2D eigenvalue weighted by Crippen LogP contribution is 2.27. The summed E-state index contributed by atoms with van der Waals surface area (Å²) in [5.41, 5.74) is 4.25. The minimum atomic E-state index is -0.394. The fraction of sp³-hybridized carbons (Fsp3) is 0.125. The van der Waals surface area contributed by atoms with E-state index in [-0.39, 0.29) is 11.7 Å². The summed E-state index contributed by atoms with van der Waals surface area (Å²) in [4.78, 5) is 12.0. The number of carbonyl (C=O) groups is 1. The lowest BCUT2D eigenvalue weighted by Crippen LogP contribution is -2.33. The molecule has 1 unspecified atom stereocenters. The average molecular weight is 303 g/mol. The van der Waals surface area contributed by atoms with Crippen LogP contribution in [0.15, 0.2) is 53.6 Å². The summed E-state index contributed by atoms with van der Waals surface area (Å²) in [5, 5.41) is 4.60. The molecular formula is C16H12ClFN2O. The average Bonchev–Trinajstić information content (AvgIpc) is 2.50. The normalized spacial score (nSPS) is 18.1. The van der Waals surface area contributed by atoms with Crippen molar-refractivity contribution in [2.75, 3.05) is 0 Å². The number of hydrogen-bond donors (Lipinski definition) is 1. The van der Waals surface area contributed by atoms with Gasteiger partial charge in [-0.05, 0) is 23.8 Å². The second-order valence-electron chi connectivity index (χ2n) is 4.82. The number of carbonyl (C=O) groups excluding carboxylic acids is 1. The van der Waals surface area contributed by atoms with Gasteiger partial charge < -0.3 is 0 Å². The summed E-state index contributed by atoms with van der Waals surface area (Å²) < 4.78 is 13.8. The maximum Gasteiger partial charge on any atom is 0.248 e. The molecule has 1 N–H and O–H groups in total. The standard InChI is InChI=1S/C16H12ClFN2O/c17-11-7-5-10(6-8-11)13-9-15(19-20-16(13)21)12-3-1-2-4-14(12)18/h1-8,13H,9H2,(H,20,21). The smallest absolute Gasteiger partial charge is 0.248 e. The second-order valence-corrected chi connectivity index (χ2v) is 5.26. The van der Waals surface area contributed by atoms with Crippen molar-refractivity contribution >= 4 is 23.2 Å². The Kier molecular flexibility index (Phi) is 3.71. The van der Waals surface area contributed by atoms with Gasteiger partial charge in [-0.3, -0.25) is 4.79 Å². The zero-order valence-electron chi connectivity index (χ0n) is 11.0. The third kappa shape index (κ3) is 2.81. The lowest BCUT2D eigenvalue weighted by atomic mass is 9.89. The van der Waals surface area contributed by atoms with Gasteiger partial charge in [-0.1, -0.05) is 41.9 Å². The number of amides is 1. The van der Waals surface area contributed by atoms with Crippen molar-refractivity contribution in [3.8, 4) is 0 Å². The number of hydrogen-bond acceptors (Lipinski definition) is 2. The Morgan fingerprint density at radius 2 is 1.86 bits per heavy atom. The van der Waals surface area contributed by atoms with Gasteiger partial charge in [-0.25, -0.2) is 9.82 Å². The minimum Gasteiger partial charge on any atom is -0.272 e. The lowest BCUT2D eigenvalue weighted by molar-refractivity contribution is -0.122. The lowest BCUT2D eigenvalue weighted by Gasteiger charge is -2.22. The molecule has 0 saturated heterocycles. The Labute approximate surface area is 126 Å². The van der Waals surface area contributed by atoms with Crippen LogP contribution in [-0.2, 0) is 4.79 Å². The van der Waals surface area contributed by atoms with Crippen molar-refractivity contribution in [2.24, 2.45) is 5.10 Å². The molecule has 2 aromatic carbocycles. The van der Waals surface area contributed by atoms with Crippen molar-refractivity contribution in [2.45, 2.75) is 12.3 Å². The highest BCUT2D eigenvalue weighted by molar-refractivity contribution is 6.30. The van der Waals surface area contributed by atoms with Crippen LogP contribution in [0.4, 0.5) is 4.39 Å². The zero-order chi connectivity index (χ0) is 14.8. The number of hydrazone groups is 1. The Balaban J connectivity index is 1.92. The molecule has 0 aromatic heterocycles. The molecule has 0 radical (unpaired) electrons. The van der Waals surface area contributed by atoms with E-state index in [2.05, 4.69) is 10.5 Å². The molecule has 1 atom stereocenters. The summed E-state index contributed by atoms with van der Waals surface area (Å²) in [5.74, 6) is -0.936.